The minimum absolute atomic E-state index is 0.0293. The first kappa shape index (κ1) is 15.7. The molecule has 0 spiro atoms. The molecule has 122 valence electrons. The Balaban J connectivity index is 1.65. The van der Waals surface area contributed by atoms with E-state index in [0.717, 1.165) is 12.1 Å². The van der Waals surface area contributed by atoms with Crippen molar-refractivity contribution in [1.82, 2.24) is 15.1 Å². The van der Waals surface area contributed by atoms with Crippen molar-refractivity contribution in [1.29, 1.82) is 0 Å². The number of carbonyl (C=O) groups is 2. The van der Waals surface area contributed by atoms with Crippen LogP contribution in [0.1, 0.15) is 23.9 Å². The molecule has 7 heteroatoms. The lowest BCUT2D eigenvalue weighted by atomic mass is 10.2. The Kier molecular flexibility index (Phi) is 4.47. The topological polar surface area (TPSA) is 67.2 Å². The van der Waals surface area contributed by atoms with Gasteiger partial charge in [0.25, 0.3) is 0 Å². The second kappa shape index (κ2) is 6.54. The van der Waals surface area contributed by atoms with Gasteiger partial charge in [0.05, 0.1) is 12.2 Å². The van der Waals surface area contributed by atoms with Crippen LogP contribution in [-0.4, -0.2) is 34.2 Å². The Morgan fingerprint density at radius 1 is 1.52 bits per heavy atom. The third-order valence-electron chi connectivity index (χ3n) is 3.95. The zero-order valence-corrected chi connectivity index (χ0v) is 14.1. The van der Waals surface area contributed by atoms with Crippen molar-refractivity contribution in [3.8, 4) is 0 Å². The van der Waals surface area contributed by atoms with Gasteiger partial charge in [0.1, 0.15) is 11.9 Å². The van der Waals surface area contributed by atoms with E-state index in [1.54, 1.807) is 27.8 Å². The van der Waals surface area contributed by atoms with E-state index in [1.807, 2.05) is 24.4 Å². The van der Waals surface area contributed by atoms with Crippen LogP contribution in [0, 0.1) is 6.92 Å². The van der Waals surface area contributed by atoms with Crippen molar-refractivity contribution in [2.75, 3.05) is 11.4 Å². The zero-order chi connectivity index (χ0) is 16.4. The van der Waals surface area contributed by atoms with E-state index in [2.05, 4.69) is 16.5 Å². The molecule has 0 radical (unpaired) electrons. The molecule has 23 heavy (non-hydrogen) atoms. The summed E-state index contributed by atoms with van der Waals surface area (Å²) in [7, 11) is 0. The minimum atomic E-state index is -0.541. The van der Waals surface area contributed by atoms with E-state index in [-0.39, 0.29) is 11.8 Å². The van der Waals surface area contributed by atoms with E-state index in [4.69, 9.17) is 0 Å². The molecule has 2 aromatic rings. The first-order valence-corrected chi connectivity index (χ1v) is 8.61. The second-order valence-corrected chi connectivity index (χ2v) is 6.71. The third-order valence-corrected chi connectivity index (χ3v) is 4.89. The van der Waals surface area contributed by atoms with Crippen LogP contribution in [0.2, 0.25) is 0 Å². The second-order valence-electron chi connectivity index (χ2n) is 5.68. The van der Waals surface area contributed by atoms with Crippen molar-refractivity contribution < 1.29 is 9.59 Å². The highest BCUT2D eigenvalue weighted by Gasteiger charge is 2.32. The highest BCUT2D eigenvalue weighted by molar-refractivity contribution is 7.09. The van der Waals surface area contributed by atoms with Gasteiger partial charge in [-0.15, -0.1) is 11.3 Å². The average Bonchev–Trinajstić information content (AvgIpc) is 3.15. The van der Waals surface area contributed by atoms with Gasteiger partial charge in [0.2, 0.25) is 11.8 Å². The Labute approximate surface area is 139 Å². The molecule has 2 aromatic heterocycles. The number of aromatic nitrogens is 2. The number of aryl methyl sites for hydroxylation is 2. The summed E-state index contributed by atoms with van der Waals surface area (Å²) in [6, 6.07) is 5.36. The van der Waals surface area contributed by atoms with Crippen molar-refractivity contribution in [3.05, 3.63) is 34.2 Å². The fourth-order valence-electron chi connectivity index (χ4n) is 2.78. The van der Waals surface area contributed by atoms with Crippen LogP contribution in [0.25, 0.3) is 0 Å². The molecule has 0 aromatic carbocycles. The molecular formula is C16H20N4O2S. The molecule has 0 fully saturated rings. The lowest BCUT2D eigenvalue weighted by molar-refractivity contribution is -0.126. The normalized spacial score (nSPS) is 15.4. The van der Waals surface area contributed by atoms with Crippen molar-refractivity contribution in [3.63, 3.8) is 0 Å². The molecule has 1 aliphatic heterocycles. The van der Waals surface area contributed by atoms with Crippen LogP contribution in [-0.2, 0) is 22.6 Å². The predicted molar refractivity (Wildman–Crippen MR) is 89.6 cm³/mol. The summed E-state index contributed by atoms with van der Waals surface area (Å²) in [4.78, 5) is 27.5. The van der Waals surface area contributed by atoms with Gasteiger partial charge in [-0.3, -0.25) is 14.5 Å². The molecule has 0 saturated carbocycles. The Morgan fingerprint density at radius 2 is 2.35 bits per heavy atom. The van der Waals surface area contributed by atoms with E-state index in [1.165, 1.54) is 4.88 Å². The number of thiophene rings is 1. The summed E-state index contributed by atoms with van der Waals surface area (Å²) in [5.74, 6) is 0.542. The van der Waals surface area contributed by atoms with Crippen LogP contribution < -0.4 is 10.2 Å². The summed E-state index contributed by atoms with van der Waals surface area (Å²) in [6.45, 7) is 4.80. The third kappa shape index (κ3) is 3.29. The van der Waals surface area contributed by atoms with E-state index >= 15 is 0 Å². The van der Waals surface area contributed by atoms with Gasteiger partial charge in [0.15, 0.2) is 0 Å². The molecular weight excluding hydrogens is 312 g/mol. The van der Waals surface area contributed by atoms with Gasteiger partial charge in [-0.1, -0.05) is 6.07 Å². The highest BCUT2D eigenvalue weighted by atomic mass is 32.1. The summed E-state index contributed by atoms with van der Waals surface area (Å²) >= 11 is 1.68. The maximum absolute atomic E-state index is 12.4. The van der Waals surface area contributed by atoms with Crippen LogP contribution in [0.4, 0.5) is 5.82 Å². The standard InChI is InChI=1S/C16H20N4O2S/c1-11-10-14-19(18-11)8-6-15(21)20(14)12(2)16(22)17-7-5-13-4-3-9-23-13/h3-4,9-10,12H,5-8H2,1-2H3,(H,17,22). The molecule has 6 nitrogen and oxygen atoms in total. The molecule has 1 unspecified atom stereocenters. The number of anilines is 1. The van der Waals surface area contributed by atoms with Gasteiger partial charge >= 0.3 is 0 Å². The summed E-state index contributed by atoms with van der Waals surface area (Å²) in [6.07, 6.45) is 1.18. The minimum Gasteiger partial charge on any atom is -0.354 e. The van der Waals surface area contributed by atoms with Crippen LogP contribution in [0.5, 0.6) is 0 Å². The van der Waals surface area contributed by atoms with Crippen molar-refractivity contribution >= 4 is 29.0 Å². The Bertz CT molecular complexity index is 708. The Morgan fingerprint density at radius 3 is 3.09 bits per heavy atom. The maximum atomic E-state index is 12.4. The largest absolute Gasteiger partial charge is 0.354 e. The number of hydrogen-bond acceptors (Lipinski definition) is 4. The summed E-state index contributed by atoms with van der Waals surface area (Å²) in [5, 5.41) is 9.31. The lowest BCUT2D eigenvalue weighted by Gasteiger charge is -2.31. The van der Waals surface area contributed by atoms with Gasteiger partial charge < -0.3 is 5.32 Å². The molecule has 3 rings (SSSR count). The smallest absolute Gasteiger partial charge is 0.242 e. The van der Waals surface area contributed by atoms with Gasteiger partial charge in [-0.2, -0.15) is 5.10 Å². The van der Waals surface area contributed by atoms with Crippen LogP contribution in [0.3, 0.4) is 0 Å². The van der Waals surface area contributed by atoms with Crippen LogP contribution >= 0.6 is 11.3 Å². The van der Waals surface area contributed by atoms with Crippen molar-refractivity contribution in [2.24, 2.45) is 0 Å². The first-order valence-electron chi connectivity index (χ1n) is 7.73. The molecule has 1 aliphatic rings. The number of rotatable bonds is 5. The number of carbonyl (C=O) groups excluding carboxylic acids is 2. The van der Waals surface area contributed by atoms with Gasteiger partial charge in [-0.25, -0.2) is 4.68 Å². The molecule has 0 aliphatic carbocycles. The summed E-state index contributed by atoms with van der Waals surface area (Å²) in [5.41, 5.74) is 0.852. The van der Waals surface area contributed by atoms with E-state index in [9.17, 15) is 9.59 Å². The molecule has 3 heterocycles. The van der Waals surface area contributed by atoms with E-state index < -0.39 is 6.04 Å². The predicted octanol–water partition coefficient (Wildman–Crippen LogP) is 1.74. The number of nitrogens with zero attached hydrogens (tertiary/aromatic N) is 3. The number of nitrogens with one attached hydrogen (secondary N) is 1. The van der Waals surface area contributed by atoms with Gasteiger partial charge in [-0.05, 0) is 31.7 Å². The molecule has 0 saturated heterocycles. The fourth-order valence-corrected chi connectivity index (χ4v) is 3.49. The quantitative estimate of drug-likeness (QED) is 0.907. The average molecular weight is 332 g/mol. The highest BCUT2D eigenvalue weighted by Crippen LogP contribution is 2.24. The van der Waals surface area contributed by atoms with Gasteiger partial charge in [0, 0.05) is 23.9 Å². The first-order chi connectivity index (χ1) is 11.1. The van der Waals surface area contributed by atoms with Crippen molar-refractivity contribution in [2.45, 2.75) is 39.3 Å². The lowest BCUT2D eigenvalue weighted by Crippen LogP contribution is -2.51. The molecule has 1 N–H and O–H groups in total. The van der Waals surface area contributed by atoms with Crippen LogP contribution in [0.15, 0.2) is 23.6 Å². The van der Waals surface area contributed by atoms with E-state index in [0.29, 0.717) is 25.3 Å². The molecule has 1 atom stereocenters. The maximum Gasteiger partial charge on any atom is 0.242 e. The Hall–Kier alpha value is -2.15. The monoisotopic (exact) mass is 332 g/mol. The molecule has 0 bridgehead atoms. The zero-order valence-electron chi connectivity index (χ0n) is 13.3. The summed E-state index contributed by atoms with van der Waals surface area (Å²) < 4.78 is 1.80. The number of hydrogen-bond donors (Lipinski definition) is 1. The fraction of sp³-hybridized carbons (Fsp3) is 0.438. The number of fused-ring (bicyclic) bond motifs is 1. The number of amides is 2. The SMILES string of the molecule is Cc1cc2n(n1)CCC(=O)N2C(C)C(=O)NCCc1cccs1. The molecule has 2 amide bonds.